The zero-order chi connectivity index (χ0) is 17.0. The Bertz CT molecular complexity index is 596. The molecule has 6 heteroatoms. The predicted octanol–water partition coefficient (Wildman–Crippen LogP) is 2.91. The normalized spacial score (nSPS) is 24.8. The summed E-state index contributed by atoms with van der Waals surface area (Å²) in [6.07, 6.45) is 4.57. The highest BCUT2D eigenvalue weighted by molar-refractivity contribution is 5.85. The van der Waals surface area contributed by atoms with Crippen LogP contribution >= 0.6 is 12.4 Å². The third kappa shape index (κ3) is 4.04. The summed E-state index contributed by atoms with van der Waals surface area (Å²) in [4.78, 5) is 12.9. The Balaban J connectivity index is 0.00000225. The molecule has 0 bridgehead atoms. The lowest BCUT2D eigenvalue weighted by atomic mass is 9.67. The van der Waals surface area contributed by atoms with E-state index in [4.69, 9.17) is 9.47 Å². The van der Waals surface area contributed by atoms with Gasteiger partial charge >= 0.3 is 0 Å². The fourth-order valence-corrected chi connectivity index (χ4v) is 4.15. The average Bonchev–Trinajstić information content (AvgIpc) is 3.06. The molecule has 1 aromatic carbocycles. The molecule has 1 heterocycles. The van der Waals surface area contributed by atoms with Crippen LogP contribution in [0.5, 0.6) is 11.5 Å². The van der Waals surface area contributed by atoms with Crippen molar-refractivity contribution in [1.29, 1.82) is 0 Å². The van der Waals surface area contributed by atoms with Gasteiger partial charge in [-0.2, -0.15) is 0 Å². The number of halogens is 1. The first kappa shape index (κ1) is 19.9. The molecule has 1 aliphatic heterocycles. The molecule has 1 saturated carbocycles. The van der Waals surface area contributed by atoms with E-state index in [1.807, 2.05) is 25.1 Å². The number of nitrogens with one attached hydrogen (secondary N) is 2. The molecule has 2 N–H and O–H groups in total. The molecule has 2 fully saturated rings. The molecule has 5 nitrogen and oxygen atoms in total. The molecule has 0 spiro atoms. The Hall–Kier alpha value is -1.46. The number of ether oxygens (including phenoxy) is 2. The Morgan fingerprint density at radius 1 is 1.36 bits per heavy atom. The zero-order valence-corrected chi connectivity index (χ0v) is 15.9. The first-order valence-corrected chi connectivity index (χ1v) is 8.98. The molecule has 1 amide bonds. The van der Waals surface area contributed by atoms with E-state index in [-0.39, 0.29) is 23.7 Å². The van der Waals surface area contributed by atoms with Crippen LogP contribution in [0, 0.1) is 11.3 Å². The summed E-state index contributed by atoms with van der Waals surface area (Å²) >= 11 is 0. The highest BCUT2D eigenvalue weighted by atomic mass is 35.5. The molecule has 2 atom stereocenters. The molecule has 25 heavy (non-hydrogen) atoms. The minimum absolute atomic E-state index is 0. The van der Waals surface area contributed by atoms with Crippen LogP contribution < -0.4 is 20.1 Å². The van der Waals surface area contributed by atoms with Gasteiger partial charge in [-0.25, -0.2) is 0 Å². The maximum Gasteiger partial charge on any atom is 0.228 e. The van der Waals surface area contributed by atoms with Gasteiger partial charge in [0.2, 0.25) is 5.91 Å². The van der Waals surface area contributed by atoms with Crippen molar-refractivity contribution in [3.8, 4) is 11.5 Å². The summed E-state index contributed by atoms with van der Waals surface area (Å²) in [5.74, 6) is 2.13. The molecule has 2 aliphatic rings. The highest BCUT2D eigenvalue weighted by Crippen LogP contribution is 2.44. The second-order valence-electron chi connectivity index (χ2n) is 6.83. The zero-order valence-electron chi connectivity index (χ0n) is 15.1. The third-order valence-electron chi connectivity index (χ3n) is 5.47. The van der Waals surface area contributed by atoms with Crippen molar-refractivity contribution in [1.82, 2.24) is 10.6 Å². The third-order valence-corrected chi connectivity index (χ3v) is 5.47. The SMILES string of the molecule is CCOc1ccc(CNC(=O)[C@@]23CCCC[C@H]2CNC3)cc1OC.Cl. The summed E-state index contributed by atoms with van der Waals surface area (Å²) in [5, 5.41) is 6.58. The van der Waals surface area contributed by atoms with E-state index in [1.165, 1.54) is 6.42 Å². The number of hydrogen-bond acceptors (Lipinski definition) is 4. The van der Waals surface area contributed by atoms with E-state index in [9.17, 15) is 4.79 Å². The van der Waals surface area contributed by atoms with E-state index in [0.717, 1.165) is 43.7 Å². The van der Waals surface area contributed by atoms with E-state index < -0.39 is 0 Å². The van der Waals surface area contributed by atoms with Crippen molar-refractivity contribution in [2.45, 2.75) is 39.2 Å². The fourth-order valence-electron chi connectivity index (χ4n) is 4.15. The van der Waals surface area contributed by atoms with Gasteiger partial charge in [0, 0.05) is 13.1 Å². The molecule has 0 radical (unpaired) electrons. The smallest absolute Gasteiger partial charge is 0.228 e. The average molecular weight is 369 g/mol. The van der Waals surface area contributed by atoms with Crippen LogP contribution in [0.4, 0.5) is 0 Å². The Labute approximate surface area is 156 Å². The number of rotatable bonds is 6. The molecule has 1 aromatic rings. The van der Waals surface area contributed by atoms with Crippen molar-refractivity contribution < 1.29 is 14.3 Å². The number of amides is 1. The fraction of sp³-hybridized carbons (Fsp3) is 0.632. The summed E-state index contributed by atoms with van der Waals surface area (Å²) in [6, 6.07) is 5.83. The standard InChI is InChI=1S/C19H28N2O3.ClH/c1-3-24-16-8-7-14(10-17(16)23-2)11-21-18(22)19-9-5-4-6-15(19)12-20-13-19;/h7-8,10,15,20H,3-6,9,11-13H2,1-2H3,(H,21,22);1H/t15-,19+;/m0./s1. The highest BCUT2D eigenvalue weighted by Gasteiger charge is 2.49. The predicted molar refractivity (Wildman–Crippen MR) is 101 cm³/mol. The molecular weight excluding hydrogens is 340 g/mol. The van der Waals surface area contributed by atoms with Crippen LogP contribution in [0.2, 0.25) is 0 Å². The van der Waals surface area contributed by atoms with Crippen molar-refractivity contribution in [3.63, 3.8) is 0 Å². The van der Waals surface area contributed by atoms with Crippen molar-refractivity contribution in [3.05, 3.63) is 23.8 Å². The molecular formula is C19H29ClN2O3. The van der Waals surface area contributed by atoms with Crippen molar-refractivity contribution in [2.75, 3.05) is 26.8 Å². The first-order chi connectivity index (χ1) is 11.7. The largest absolute Gasteiger partial charge is 0.493 e. The number of methoxy groups -OCH3 is 1. The quantitative estimate of drug-likeness (QED) is 0.810. The lowest BCUT2D eigenvalue weighted by Crippen LogP contribution is -2.47. The van der Waals surface area contributed by atoms with E-state index >= 15 is 0 Å². The lowest BCUT2D eigenvalue weighted by molar-refractivity contribution is -0.134. The minimum atomic E-state index is -0.201. The molecule has 0 unspecified atom stereocenters. The van der Waals surface area contributed by atoms with Crippen molar-refractivity contribution in [2.24, 2.45) is 11.3 Å². The lowest BCUT2D eigenvalue weighted by Gasteiger charge is -2.37. The van der Waals surface area contributed by atoms with E-state index in [1.54, 1.807) is 7.11 Å². The van der Waals surface area contributed by atoms with Crippen LogP contribution in [0.3, 0.4) is 0 Å². The van der Waals surface area contributed by atoms with E-state index in [0.29, 0.717) is 24.8 Å². The summed E-state index contributed by atoms with van der Waals surface area (Å²) < 4.78 is 10.9. The molecule has 1 aliphatic carbocycles. The molecule has 3 rings (SSSR count). The van der Waals surface area contributed by atoms with Gasteiger partial charge in [0.1, 0.15) is 0 Å². The Morgan fingerprint density at radius 2 is 2.20 bits per heavy atom. The van der Waals surface area contributed by atoms with Crippen LogP contribution in [0.25, 0.3) is 0 Å². The summed E-state index contributed by atoms with van der Waals surface area (Å²) in [6.45, 7) is 4.86. The summed E-state index contributed by atoms with van der Waals surface area (Å²) in [7, 11) is 1.63. The number of hydrogen-bond donors (Lipinski definition) is 2. The second kappa shape index (κ2) is 8.77. The van der Waals surface area contributed by atoms with Gasteiger partial charge in [-0.3, -0.25) is 4.79 Å². The van der Waals surface area contributed by atoms with Crippen LogP contribution in [0.15, 0.2) is 18.2 Å². The monoisotopic (exact) mass is 368 g/mol. The maximum absolute atomic E-state index is 12.9. The second-order valence-corrected chi connectivity index (χ2v) is 6.83. The molecule has 1 saturated heterocycles. The van der Waals surface area contributed by atoms with Gasteiger partial charge in [-0.15, -0.1) is 12.4 Å². The number of carbonyl (C=O) groups is 1. The molecule has 140 valence electrons. The first-order valence-electron chi connectivity index (χ1n) is 8.98. The van der Waals surface area contributed by atoms with E-state index in [2.05, 4.69) is 10.6 Å². The van der Waals surface area contributed by atoms with Gasteiger partial charge in [0.05, 0.1) is 19.1 Å². The Morgan fingerprint density at radius 3 is 2.96 bits per heavy atom. The number of carbonyl (C=O) groups excluding carboxylic acids is 1. The number of fused-ring (bicyclic) bond motifs is 1. The van der Waals surface area contributed by atoms with Crippen LogP contribution in [-0.4, -0.2) is 32.7 Å². The minimum Gasteiger partial charge on any atom is -0.493 e. The van der Waals surface area contributed by atoms with Gasteiger partial charge in [0.25, 0.3) is 0 Å². The van der Waals surface area contributed by atoms with Gasteiger partial charge < -0.3 is 20.1 Å². The van der Waals surface area contributed by atoms with Gasteiger partial charge in [-0.1, -0.05) is 18.9 Å². The summed E-state index contributed by atoms with van der Waals surface area (Å²) in [5.41, 5.74) is 0.825. The van der Waals surface area contributed by atoms with Crippen LogP contribution in [0.1, 0.15) is 38.2 Å². The maximum atomic E-state index is 12.9. The van der Waals surface area contributed by atoms with Gasteiger partial charge in [0.15, 0.2) is 11.5 Å². The number of benzene rings is 1. The topological polar surface area (TPSA) is 59.6 Å². The van der Waals surface area contributed by atoms with Crippen molar-refractivity contribution >= 4 is 18.3 Å². The Kier molecular flexibility index (Phi) is 6.96. The van der Waals surface area contributed by atoms with Gasteiger partial charge in [-0.05, 0) is 49.9 Å². The molecule has 0 aromatic heterocycles. The van der Waals surface area contributed by atoms with Crippen LogP contribution in [-0.2, 0) is 11.3 Å².